The Balaban J connectivity index is 2.06. The first-order valence-corrected chi connectivity index (χ1v) is 7.77. The van der Waals surface area contributed by atoms with Gasteiger partial charge in [-0.1, -0.05) is 0 Å². The van der Waals surface area contributed by atoms with Crippen molar-refractivity contribution >= 4 is 28.7 Å². The summed E-state index contributed by atoms with van der Waals surface area (Å²) in [5.41, 5.74) is 2.91. The van der Waals surface area contributed by atoms with E-state index < -0.39 is 0 Å². The fourth-order valence-corrected chi connectivity index (χ4v) is 3.14. The zero-order valence-electron chi connectivity index (χ0n) is 12.3. The summed E-state index contributed by atoms with van der Waals surface area (Å²) in [6.07, 6.45) is 3.99. The molecule has 1 atom stereocenters. The Morgan fingerprint density at radius 2 is 2.29 bits per heavy atom. The number of likely N-dealkylation sites (tertiary alicyclic amines) is 1. The van der Waals surface area contributed by atoms with Gasteiger partial charge in [0.2, 0.25) is 5.91 Å². The molecule has 2 aromatic heterocycles. The second kappa shape index (κ2) is 5.64. The molecule has 2 aromatic rings. The number of hydrogen-bond donors (Lipinski definition) is 0. The lowest BCUT2D eigenvalue weighted by Crippen LogP contribution is -2.38. The van der Waals surface area contributed by atoms with E-state index in [9.17, 15) is 4.79 Å². The number of carbonyl (C=O) groups is 1. The van der Waals surface area contributed by atoms with Gasteiger partial charge in [-0.3, -0.25) is 4.79 Å². The fraction of sp³-hybridized carbons (Fsp3) is 0.533. The highest BCUT2D eigenvalue weighted by Crippen LogP contribution is 2.27. The Hall–Kier alpha value is -1.62. The van der Waals surface area contributed by atoms with Crippen molar-refractivity contribution in [3.63, 3.8) is 0 Å². The van der Waals surface area contributed by atoms with Gasteiger partial charge in [0.15, 0.2) is 5.65 Å². The number of nitrogens with zero attached hydrogens (tertiary/aromatic N) is 4. The minimum absolute atomic E-state index is 0.207. The van der Waals surface area contributed by atoms with Gasteiger partial charge in [-0.25, -0.2) is 9.97 Å². The lowest BCUT2D eigenvalue weighted by atomic mass is 10.1. The van der Waals surface area contributed by atoms with Gasteiger partial charge in [0.1, 0.15) is 11.3 Å². The number of rotatable bonds is 3. The topological polar surface area (TPSA) is 51.0 Å². The van der Waals surface area contributed by atoms with Crippen LogP contribution in [-0.2, 0) is 11.2 Å². The van der Waals surface area contributed by atoms with Crippen molar-refractivity contribution in [1.82, 2.24) is 19.4 Å². The molecule has 1 aliphatic heterocycles. The molecule has 3 heterocycles. The van der Waals surface area contributed by atoms with Gasteiger partial charge in [-0.05, 0) is 25.0 Å². The minimum atomic E-state index is 0.207. The maximum atomic E-state index is 11.7. The molecule has 6 heteroatoms. The molecule has 1 saturated heterocycles. The molecule has 112 valence electrons. The SMILES string of the molecule is Cc1cnc2c(c1)nc(CCCl)n2C1CCC(=O)N(C)C1. The maximum Gasteiger partial charge on any atom is 0.222 e. The number of alkyl halides is 1. The van der Waals surface area contributed by atoms with Gasteiger partial charge in [0.05, 0.1) is 6.04 Å². The largest absolute Gasteiger partial charge is 0.344 e. The van der Waals surface area contributed by atoms with Crippen LogP contribution in [-0.4, -0.2) is 44.8 Å². The molecule has 3 rings (SSSR count). The van der Waals surface area contributed by atoms with Crippen LogP contribution in [0.1, 0.15) is 30.3 Å². The van der Waals surface area contributed by atoms with Crippen molar-refractivity contribution in [3.05, 3.63) is 23.7 Å². The van der Waals surface area contributed by atoms with E-state index in [2.05, 4.69) is 9.55 Å². The molecular formula is C15H19ClN4O. The van der Waals surface area contributed by atoms with Crippen LogP contribution in [0.4, 0.5) is 0 Å². The second-order valence-corrected chi connectivity index (χ2v) is 6.04. The third kappa shape index (κ3) is 2.62. The molecule has 21 heavy (non-hydrogen) atoms. The zero-order chi connectivity index (χ0) is 15.0. The van der Waals surface area contributed by atoms with Gasteiger partial charge < -0.3 is 9.47 Å². The number of imidazole rings is 1. The summed E-state index contributed by atoms with van der Waals surface area (Å²) in [4.78, 5) is 22.7. The number of piperidine rings is 1. The number of carbonyl (C=O) groups excluding carboxylic acids is 1. The molecule has 0 N–H and O–H groups in total. The predicted octanol–water partition coefficient (Wildman–Crippen LogP) is 2.31. The van der Waals surface area contributed by atoms with Gasteiger partial charge in [-0.15, -0.1) is 11.6 Å². The smallest absolute Gasteiger partial charge is 0.222 e. The van der Waals surface area contributed by atoms with Crippen molar-refractivity contribution in [2.24, 2.45) is 0 Å². The van der Waals surface area contributed by atoms with Crippen molar-refractivity contribution in [3.8, 4) is 0 Å². The summed E-state index contributed by atoms with van der Waals surface area (Å²) in [6.45, 7) is 2.72. The average Bonchev–Trinajstić information content (AvgIpc) is 2.79. The zero-order valence-corrected chi connectivity index (χ0v) is 13.1. The van der Waals surface area contributed by atoms with E-state index in [4.69, 9.17) is 16.6 Å². The third-order valence-corrected chi connectivity index (χ3v) is 4.21. The number of aryl methyl sites for hydroxylation is 2. The molecule has 1 unspecified atom stereocenters. The van der Waals surface area contributed by atoms with E-state index in [-0.39, 0.29) is 11.9 Å². The first-order chi connectivity index (χ1) is 10.1. The Morgan fingerprint density at radius 1 is 1.48 bits per heavy atom. The second-order valence-electron chi connectivity index (χ2n) is 5.66. The molecule has 0 aromatic carbocycles. The summed E-state index contributed by atoms with van der Waals surface area (Å²) >= 11 is 5.92. The Labute approximate surface area is 128 Å². The van der Waals surface area contributed by atoms with E-state index in [0.717, 1.165) is 29.0 Å². The van der Waals surface area contributed by atoms with Crippen LogP contribution in [0.15, 0.2) is 12.3 Å². The standard InChI is InChI=1S/C15H19ClN4O/c1-10-7-12-15(17-8-10)20(13(18-12)5-6-16)11-3-4-14(21)19(2)9-11/h7-8,11H,3-6,9H2,1-2H3. The van der Waals surface area contributed by atoms with Crippen LogP contribution in [0.5, 0.6) is 0 Å². The van der Waals surface area contributed by atoms with Crippen LogP contribution >= 0.6 is 11.6 Å². The summed E-state index contributed by atoms with van der Waals surface area (Å²) in [5, 5.41) is 0. The summed E-state index contributed by atoms with van der Waals surface area (Å²) in [5.74, 6) is 1.70. The first-order valence-electron chi connectivity index (χ1n) is 7.23. The lowest BCUT2D eigenvalue weighted by Gasteiger charge is -2.31. The third-order valence-electron chi connectivity index (χ3n) is 4.02. The molecule has 1 aliphatic rings. The molecular weight excluding hydrogens is 288 g/mol. The van der Waals surface area contributed by atoms with Gasteiger partial charge in [0, 0.05) is 38.5 Å². The minimum Gasteiger partial charge on any atom is -0.344 e. The Kier molecular flexibility index (Phi) is 3.85. The number of pyridine rings is 1. The summed E-state index contributed by atoms with van der Waals surface area (Å²) in [6, 6.07) is 2.28. The normalized spacial score (nSPS) is 19.5. The fourth-order valence-electron chi connectivity index (χ4n) is 2.98. The predicted molar refractivity (Wildman–Crippen MR) is 82.6 cm³/mol. The highest BCUT2D eigenvalue weighted by molar-refractivity contribution is 6.17. The molecule has 0 bridgehead atoms. The van der Waals surface area contributed by atoms with E-state index >= 15 is 0 Å². The van der Waals surface area contributed by atoms with Gasteiger partial charge in [0.25, 0.3) is 0 Å². The van der Waals surface area contributed by atoms with Gasteiger partial charge >= 0.3 is 0 Å². The number of likely N-dealkylation sites (N-methyl/N-ethyl adjacent to an activating group) is 1. The number of hydrogen-bond acceptors (Lipinski definition) is 3. The van der Waals surface area contributed by atoms with E-state index in [1.807, 2.05) is 26.2 Å². The van der Waals surface area contributed by atoms with Crippen LogP contribution in [0.2, 0.25) is 0 Å². The molecule has 1 fully saturated rings. The first kappa shape index (κ1) is 14.3. The number of aromatic nitrogens is 3. The van der Waals surface area contributed by atoms with Crippen LogP contribution in [0.25, 0.3) is 11.2 Å². The Morgan fingerprint density at radius 3 is 3.00 bits per heavy atom. The molecule has 0 saturated carbocycles. The van der Waals surface area contributed by atoms with Crippen LogP contribution in [0, 0.1) is 6.92 Å². The van der Waals surface area contributed by atoms with Crippen molar-refractivity contribution in [2.45, 2.75) is 32.2 Å². The van der Waals surface area contributed by atoms with Gasteiger partial charge in [-0.2, -0.15) is 0 Å². The Bertz CT molecular complexity index is 682. The molecule has 0 spiro atoms. The molecule has 0 radical (unpaired) electrons. The van der Waals surface area contributed by atoms with Crippen molar-refractivity contribution < 1.29 is 4.79 Å². The molecule has 1 amide bonds. The average molecular weight is 307 g/mol. The number of fused-ring (bicyclic) bond motifs is 1. The monoisotopic (exact) mass is 306 g/mol. The van der Waals surface area contributed by atoms with Crippen molar-refractivity contribution in [2.75, 3.05) is 19.5 Å². The summed E-state index contributed by atoms with van der Waals surface area (Å²) < 4.78 is 2.18. The highest BCUT2D eigenvalue weighted by atomic mass is 35.5. The highest BCUT2D eigenvalue weighted by Gasteiger charge is 2.27. The lowest BCUT2D eigenvalue weighted by molar-refractivity contribution is -0.132. The van der Waals surface area contributed by atoms with E-state index in [1.165, 1.54) is 0 Å². The van der Waals surface area contributed by atoms with E-state index in [1.54, 1.807) is 4.90 Å². The summed E-state index contributed by atoms with van der Waals surface area (Å²) in [7, 11) is 1.85. The van der Waals surface area contributed by atoms with Crippen LogP contribution < -0.4 is 0 Å². The van der Waals surface area contributed by atoms with Crippen LogP contribution in [0.3, 0.4) is 0 Å². The molecule has 0 aliphatic carbocycles. The molecule has 5 nitrogen and oxygen atoms in total. The van der Waals surface area contributed by atoms with Crippen molar-refractivity contribution in [1.29, 1.82) is 0 Å². The maximum absolute atomic E-state index is 11.7. The number of amides is 1. The number of halogens is 1. The quantitative estimate of drug-likeness (QED) is 0.818. The van der Waals surface area contributed by atoms with E-state index in [0.29, 0.717) is 25.3 Å².